The van der Waals surface area contributed by atoms with Crippen LogP contribution in [0, 0.1) is 0 Å². The molecule has 1 heterocycles. The largest absolute Gasteiger partial charge is 0.330 e. The van der Waals surface area contributed by atoms with Gasteiger partial charge in [0.2, 0.25) is 0 Å². The molecule has 0 bridgehead atoms. The van der Waals surface area contributed by atoms with Crippen molar-refractivity contribution in [3.63, 3.8) is 0 Å². The second kappa shape index (κ2) is 7.83. The molecule has 0 aliphatic carbocycles. The van der Waals surface area contributed by atoms with E-state index in [1.165, 1.54) is 17.7 Å². The first-order valence-electron chi connectivity index (χ1n) is 8.59. The summed E-state index contributed by atoms with van der Waals surface area (Å²) in [4.78, 5) is 37.9. The number of aromatic nitrogens is 2. The zero-order chi connectivity index (χ0) is 19.4. The Bertz CT molecular complexity index is 1110. The lowest BCUT2D eigenvalue weighted by Crippen LogP contribution is -2.42. The van der Waals surface area contributed by atoms with E-state index in [1.54, 1.807) is 13.1 Å². The number of allylic oxidation sites excluding steroid dienone is 1. The maximum Gasteiger partial charge on any atom is 0.330 e. The summed E-state index contributed by atoms with van der Waals surface area (Å²) < 4.78 is 2.34. The first kappa shape index (κ1) is 18.3. The fourth-order valence-corrected chi connectivity index (χ4v) is 2.95. The molecule has 5 heteroatoms. The van der Waals surface area contributed by atoms with Crippen LogP contribution < -0.4 is 11.2 Å². The maximum atomic E-state index is 12.9. The zero-order valence-corrected chi connectivity index (χ0v) is 15.3. The fourth-order valence-electron chi connectivity index (χ4n) is 2.95. The van der Waals surface area contributed by atoms with E-state index in [-0.39, 0.29) is 5.56 Å². The van der Waals surface area contributed by atoms with Gasteiger partial charge in [-0.3, -0.25) is 18.7 Å². The van der Waals surface area contributed by atoms with Gasteiger partial charge in [0.15, 0.2) is 5.78 Å². The van der Waals surface area contributed by atoms with E-state index >= 15 is 0 Å². The van der Waals surface area contributed by atoms with Crippen molar-refractivity contribution in [2.45, 2.75) is 6.42 Å². The van der Waals surface area contributed by atoms with Crippen LogP contribution in [0.1, 0.15) is 27.2 Å². The number of carbonyl (C=O) groups excluding carboxylic acids is 1. The molecule has 0 fully saturated rings. The van der Waals surface area contributed by atoms with Gasteiger partial charge in [-0.15, -0.1) is 0 Å². The summed E-state index contributed by atoms with van der Waals surface area (Å²) in [5.74, 6) is -0.416. The highest BCUT2D eigenvalue weighted by Crippen LogP contribution is 2.12. The lowest BCUT2D eigenvalue weighted by Gasteiger charge is -2.14. The third-order valence-corrected chi connectivity index (χ3v) is 4.47. The number of carbonyl (C=O) groups is 1. The van der Waals surface area contributed by atoms with Gasteiger partial charge in [-0.05, 0) is 17.2 Å². The van der Waals surface area contributed by atoms with Gasteiger partial charge in [-0.25, -0.2) is 4.79 Å². The van der Waals surface area contributed by atoms with E-state index in [1.807, 2.05) is 60.7 Å². The van der Waals surface area contributed by atoms with Gasteiger partial charge >= 0.3 is 5.69 Å². The topological polar surface area (TPSA) is 61.1 Å². The molecule has 5 nitrogen and oxygen atoms in total. The van der Waals surface area contributed by atoms with Gasteiger partial charge in [-0.1, -0.05) is 66.7 Å². The molecule has 136 valence electrons. The van der Waals surface area contributed by atoms with Crippen LogP contribution in [0.4, 0.5) is 0 Å². The van der Waals surface area contributed by atoms with E-state index in [0.717, 1.165) is 15.7 Å². The Morgan fingerprint density at radius 2 is 1.48 bits per heavy atom. The lowest BCUT2D eigenvalue weighted by molar-refractivity contribution is 0.104. The Morgan fingerprint density at radius 3 is 2.11 bits per heavy atom. The van der Waals surface area contributed by atoms with Gasteiger partial charge < -0.3 is 0 Å². The second-order valence-corrected chi connectivity index (χ2v) is 6.30. The average Bonchev–Trinajstić information content (AvgIpc) is 2.70. The van der Waals surface area contributed by atoms with Crippen LogP contribution in [-0.2, 0) is 20.5 Å². The molecule has 0 radical (unpaired) electrons. The normalized spacial score (nSPS) is 11.0. The molecular formula is C22H20N2O3. The number of nitrogens with zero attached hydrogens (tertiary/aromatic N) is 2. The van der Waals surface area contributed by atoms with Crippen LogP contribution in [0.2, 0.25) is 0 Å². The van der Waals surface area contributed by atoms with E-state index in [4.69, 9.17) is 0 Å². The molecule has 0 amide bonds. The van der Waals surface area contributed by atoms with Crippen molar-refractivity contribution in [2.24, 2.45) is 14.1 Å². The molecule has 0 spiro atoms. The van der Waals surface area contributed by atoms with Crippen LogP contribution in [-0.4, -0.2) is 14.9 Å². The molecule has 27 heavy (non-hydrogen) atoms. The molecule has 0 unspecified atom stereocenters. The maximum absolute atomic E-state index is 12.9. The smallest absolute Gasteiger partial charge is 0.300 e. The standard InChI is InChI=1S/C22H20N2O3/c1-23-18(15-17-11-7-4-8-12-17)20(21(26)24(2)22(23)27)19(25)14-13-16-9-5-3-6-10-16/h3-14H,15H2,1-2H3/b14-13+. The summed E-state index contributed by atoms with van der Waals surface area (Å²) in [6.07, 6.45) is 3.37. The number of ketones is 1. The summed E-state index contributed by atoms with van der Waals surface area (Å²) in [6, 6.07) is 18.8. The predicted molar refractivity (Wildman–Crippen MR) is 106 cm³/mol. The zero-order valence-electron chi connectivity index (χ0n) is 15.3. The Kier molecular flexibility index (Phi) is 5.31. The third-order valence-electron chi connectivity index (χ3n) is 4.47. The first-order valence-corrected chi connectivity index (χ1v) is 8.59. The number of benzene rings is 2. The van der Waals surface area contributed by atoms with E-state index in [0.29, 0.717) is 12.1 Å². The van der Waals surface area contributed by atoms with E-state index in [9.17, 15) is 14.4 Å². The highest BCUT2D eigenvalue weighted by Gasteiger charge is 2.20. The molecular weight excluding hydrogens is 340 g/mol. The van der Waals surface area contributed by atoms with E-state index in [2.05, 4.69) is 0 Å². The fraction of sp³-hybridized carbons (Fsp3) is 0.136. The van der Waals surface area contributed by atoms with Crippen molar-refractivity contribution in [2.75, 3.05) is 0 Å². The van der Waals surface area contributed by atoms with Crippen molar-refractivity contribution < 1.29 is 4.79 Å². The summed E-state index contributed by atoms with van der Waals surface area (Å²) in [6.45, 7) is 0. The second-order valence-electron chi connectivity index (χ2n) is 6.30. The highest BCUT2D eigenvalue weighted by atomic mass is 16.2. The minimum Gasteiger partial charge on any atom is -0.300 e. The Labute approximate surface area is 156 Å². The molecule has 0 atom stereocenters. The van der Waals surface area contributed by atoms with Crippen LogP contribution >= 0.6 is 0 Å². The summed E-state index contributed by atoms with van der Waals surface area (Å²) in [5, 5.41) is 0. The Morgan fingerprint density at radius 1 is 0.889 bits per heavy atom. The monoisotopic (exact) mass is 360 g/mol. The number of hydrogen-bond acceptors (Lipinski definition) is 3. The van der Waals surface area contributed by atoms with Gasteiger partial charge in [-0.2, -0.15) is 0 Å². The van der Waals surface area contributed by atoms with Crippen molar-refractivity contribution in [3.8, 4) is 0 Å². The predicted octanol–water partition coefficient (Wildman–Crippen LogP) is 2.57. The molecule has 3 aromatic rings. The van der Waals surface area contributed by atoms with Crippen molar-refractivity contribution in [1.82, 2.24) is 9.13 Å². The van der Waals surface area contributed by atoms with Crippen LogP contribution in [0.15, 0.2) is 76.3 Å². The molecule has 0 saturated carbocycles. The quantitative estimate of drug-likeness (QED) is 0.519. The Hall–Kier alpha value is -3.47. The molecule has 2 aromatic carbocycles. The van der Waals surface area contributed by atoms with E-state index < -0.39 is 17.0 Å². The van der Waals surface area contributed by atoms with Gasteiger partial charge in [0, 0.05) is 26.2 Å². The SMILES string of the molecule is Cn1c(Cc2ccccc2)c(C(=O)/C=C/c2ccccc2)c(=O)n(C)c1=O. The highest BCUT2D eigenvalue weighted by molar-refractivity contribution is 6.07. The van der Waals surface area contributed by atoms with Gasteiger partial charge in [0.25, 0.3) is 5.56 Å². The van der Waals surface area contributed by atoms with Crippen LogP contribution in [0.25, 0.3) is 6.08 Å². The molecule has 0 saturated heterocycles. The minimum absolute atomic E-state index is 0.0237. The van der Waals surface area contributed by atoms with Gasteiger partial charge in [0.1, 0.15) is 5.56 Å². The lowest BCUT2D eigenvalue weighted by atomic mass is 10.0. The molecule has 3 rings (SSSR count). The Balaban J connectivity index is 2.10. The van der Waals surface area contributed by atoms with Crippen molar-refractivity contribution in [3.05, 3.63) is 110 Å². The van der Waals surface area contributed by atoms with Crippen LogP contribution in [0.5, 0.6) is 0 Å². The molecule has 0 aliphatic rings. The molecule has 0 aliphatic heterocycles. The summed E-state index contributed by atoms with van der Waals surface area (Å²) >= 11 is 0. The van der Waals surface area contributed by atoms with Gasteiger partial charge in [0.05, 0.1) is 0 Å². The van der Waals surface area contributed by atoms with Crippen molar-refractivity contribution in [1.29, 1.82) is 0 Å². The van der Waals surface area contributed by atoms with Crippen LogP contribution in [0.3, 0.4) is 0 Å². The third kappa shape index (κ3) is 3.87. The number of rotatable bonds is 5. The summed E-state index contributed by atoms with van der Waals surface area (Å²) in [7, 11) is 2.96. The molecule has 1 aromatic heterocycles. The minimum atomic E-state index is -0.577. The molecule has 0 N–H and O–H groups in total. The average molecular weight is 360 g/mol. The first-order chi connectivity index (χ1) is 13.0. The summed E-state index contributed by atoms with van der Waals surface area (Å²) in [5.41, 5.74) is 1.19. The number of hydrogen-bond donors (Lipinski definition) is 0. The van der Waals surface area contributed by atoms with Crippen molar-refractivity contribution >= 4 is 11.9 Å².